The van der Waals surface area contributed by atoms with E-state index in [0.717, 1.165) is 36.1 Å². The lowest BCUT2D eigenvalue weighted by atomic mass is 9.90. The minimum Gasteiger partial charge on any atom is -0.458 e. The van der Waals surface area contributed by atoms with Crippen molar-refractivity contribution in [1.29, 1.82) is 0 Å². The summed E-state index contributed by atoms with van der Waals surface area (Å²) in [6.07, 6.45) is 4.53. The number of methoxy groups -OCH3 is 1. The number of ether oxygens (including phenoxy) is 1. The molecule has 4 heteroatoms. The third kappa shape index (κ3) is 2.59. The maximum absolute atomic E-state index is 6.23. The first kappa shape index (κ1) is 14.9. The van der Waals surface area contributed by atoms with Crippen molar-refractivity contribution in [1.82, 2.24) is 5.32 Å². The van der Waals surface area contributed by atoms with Crippen molar-refractivity contribution in [2.45, 2.75) is 44.2 Å². The van der Waals surface area contributed by atoms with Gasteiger partial charge in [-0.25, -0.2) is 0 Å². The Labute approximate surface area is 130 Å². The molecule has 0 bridgehead atoms. The fourth-order valence-electron chi connectivity index (χ4n) is 3.52. The summed E-state index contributed by atoms with van der Waals surface area (Å²) in [5, 5.41) is 5.26. The van der Waals surface area contributed by atoms with E-state index >= 15 is 0 Å². The molecule has 1 heterocycles. The van der Waals surface area contributed by atoms with Crippen LogP contribution in [0.1, 0.15) is 44.4 Å². The maximum atomic E-state index is 6.23. The van der Waals surface area contributed by atoms with Gasteiger partial charge in [-0.3, -0.25) is 0 Å². The fourth-order valence-corrected chi connectivity index (χ4v) is 3.74. The van der Waals surface area contributed by atoms with Gasteiger partial charge in [-0.15, -0.1) is 0 Å². The highest BCUT2D eigenvalue weighted by Crippen LogP contribution is 2.44. The zero-order valence-corrected chi connectivity index (χ0v) is 13.4. The number of fused-ring (bicyclic) bond motifs is 1. The number of nitrogens with one attached hydrogen (secondary N) is 1. The van der Waals surface area contributed by atoms with Gasteiger partial charge in [0, 0.05) is 12.5 Å². The van der Waals surface area contributed by atoms with Gasteiger partial charge in [0.1, 0.15) is 5.76 Å². The predicted octanol–water partition coefficient (Wildman–Crippen LogP) is 4.70. The zero-order chi connectivity index (χ0) is 14.9. The van der Waals surface area contributed by atoms with Gasteiger partial charge >= 0.3 is 0 Å². The van der Waals surface area contributed by atoms with E-state index < -0.39 is 0 Å². The van der Waals surface area contributed by atoms with Gasteiger partial charge < -0.3 is 14.5 Å². The molecule has 1 saturated carbocycles. The molecule has 0 saturated heterocycles. The molecular weight excluding hydrogens is 286 g/mol. The Balaban J connectivity index is 2.04. The summed E-state index contributed by atoms with van der Waals surface area (Å²) in [4.78, 5) is 0. The predicted molar refractivity (Wildman–Crippen MR) is 85.8 cm³/mol. The standard InChI is InChI=1S/C17H22ClNO2/c1-3-19-16(17(20-2)9-4-5-10-17)14-11-12-7-6-8-13(18)15(12)21-14/h6-8,11,16,19H,3-5,9-10H2,1-2H3. The Kier molecular flexibility index (Phi) is 4.25. The van der Waals surface area contributed by atoms with Crippen molar-refractivity contribution in [3.8, 4) is 0 Å². The van der Waals surface area contributed by atoms with Crippen LogP contribution in [0.4, 0.5) is 0 Å². The maximum Gasteiger partial charge on any atom is 0.152 e. The van der Waals surface area contributed by atoms with Crippen LogP contribution in [-0.4, -0.2) is 19.3 Å². The van der Waals surface area contributed by atoms with Gasteiger partial charge in [0.25, 0.3) is 0 Å². The van der Waals surface area contributed by atoms with Crippen LogP contribution in [-0.2, 0) is 4.74 Å². The van der Waals surface area contributed by atoms with Gasteiger partial charge in [-0.05, 0) is 31.5 Å². The van der Waals surface area contributed by atoms with Crippen molar-refractivity contribution < 1.29 is 9.15 Å². The van der Waals surface area contributed by atoms with Crippen LogP contribution in [0.2, 0.25) is 5.02 Å². The highest BCUT2D eigenvalue weighted by atomic mass is 35.5. The van der Waals surface area contributed by atoms with Crippen molar-refractivity contribution in [2.24, 2.45) is 0 Å². The van der Waals surface area contributed by atoms with Crippen LogP contribution in [0.5, 0.6) is 0 Å². The molecule has 1 aliphatic rings. The van der Waals surface area contributed by atoms with E-state index in [9.17, 15) is 0 Å². The minimum atomic E-state index is -0.170. The van der Waals surface area contributed by atoms with Gasteiger partial charge in [-0.2, -0.15) is 0 Å². The van der Waals surface area contributed by atoms with Crippen LogP contribution in [0, 0.1) is 0 Å². The van der Waals surface area contributed by atoms with Crippen LogP contribution in [0.15, 0.2) is 28.7 Å². The van der Waals surface area contributed by atoms with Crippen molar-refractivity contribution in [2.75, 3.05) is 13.7 Å². The monoisotopic (exact) mass is 307 g/mol. The molecule has 3 nitrogen and oxygen atoms in total. The molecule has 1 aromatic carbocycles. The number of halogens is 1. The lowest BCUT2D eigenvalue weighted by molar-refractivity contribution is -0.0413. The van der Waals surface area contributed by atoms with Crippen LogP contribution in [0.25, 0.3) is 11.0 Å². The number of furan rings is 1. The average molecular weight is 308 g/mol. The Morgan fingerprint density at radius 2 is 2.14 bits per heavy atom. The average Bonchev–Trinajstić information content (AvgIpc) is 3.13. The molecule has 0 spiro atoms. The van der Waals surface area contributed by atoms with E-state index in [4.69, 9.17) is 20.8 Å². The first-order chi connectivity index (χ1) is 10.2. The Hall–Kier alpha value is -1.03. The summed E-state index contributed by atoms with van der Waals surface area (Å²) in [7, 11) is 1.81. The van der Waals surface area contributed by atoms with Gasteiger partial charge in [0.2, 0.25) is 0 Å². The van der Waals surface area contributed by atoms with E-state index in [1.807, 2.05) is 25.3 Å². The molecule has 0 amide bonds. The molecule has 0 aliphatic heterocycles. The lowest BCUT2D eigenvalue weighted by Crippen LogP contribution is -2.43. The molecule has 1 unspecified atom stereocenters. The largest absolute Gasteiger partial charge is 0.458 e. The molecule has 21 heavy (non-hydrogen) atoms. The molecule has 1 N–H and O–H groups in total. The van der Waals surface area contributed by atoms with E-state index in [2.05, 4.69) is 18.3 Å². The Morgan fingerprint density at radius 1 is 1.38 bits per heavy atom. The van der Waals surface area contributed by atoms with E-state index in [1.165, 1.54) is 12.8 Å². The number of likely N-dealkylation sites (N-methyl/N-ethyl adjacent to an activating group) is 1. The molecule has 1 fully saturated rings. The number of hydrogen-bond donors (Lipinski definition) is 1. The summed E-state index contributed by atoms with van der Waals surface area (Å²) in [6, 6.07) is 8.01. The molecule has 114 valence electrons. The van der Waals surface area contributed by atoms with Gasteiger partial charge in [0.05, 0.1) is 16.7 Å². The lowest BCUT2D eigenvalue weighted by Gasteiger charge is -2.35. The quantitative estimate of drug-likeness (QED) is 0.869. The van der Waals surface area contributed by atoms with E-state index in [1.54, 1.807) is 0 Å². The summed E-state index contributed by atoms with van der Waals surface area (Å²) < 4.78 is 12.0. The molecule has 0 radical (unpaired) electrons. The molecule has 3 rings (SSSR count). The fraction of sp³-hybridized carbons (Fsp3) is 0.529. The molecule has 1 aromatic heterocycles. The summed E-state index contributed by atoms with van der Waals surface area (Å²) in [6.45, 7) is 2.99. The highest BCUT2D eigenvalue weighted by molar-refractivity contribution is 6.34. The first-order valence-corrected chi connectivity index (χ1v) is 8.04. The van der Waals surface area contributed by atoms with Crippen LogP contribution >= 0.6 is 11.6 Å². The molecule has 2 aromatic rings. The van der Waals surface area contributed by atoms with Crippen molar-refractivity contribution >= 4 is 22.6 Å². The second kappa shape index (κ2) is 5.99. The van der Waals surface area contributed by atoms with Crippen molar-refractivity contribution in [3.05, 3.63) is 35.0 Å². The van der Waals surface area contributed by atoms with E-state index in [0.29, 0.717) is 5.02 Å². The number of benzene rings is 1. The Bertz CT molecular complexity index is 616. The van der Waals surface area contributed by atoms with Crippen molar-refractivity contribution in [3.63, 3.8) is 0 Å². The normalized spacial score (nSPS) is 19.2. The SMILES string of the molecule is CCNC(c1cc2cccc(Cl)c2o1)C1(OC)CCCC1. The third-order valence-electron chi connectivity index (χ3n) is 4.59. The first-order valence-electron chi connectivity index (χ1n) is 7.66. The molecular formula is C17H22ClNO2. The topological polar surface area (TPSA) is 34.4 Å². The number of para-hydroxylation sites is 1. The number of hydrogen-bond acceptors (Lipinski definition) is 3. The second-order valence-electron chi connectivity index (χ2n) is 5.77. The zero-order valence-electron chi connectivity index (χ0n) is 12.6. The minimum absolute atomic E-state index is 0.0680. The summed E-state index contributed by atoms with van der Waals surface area (Å²) in [5.74, 6) is 0.920. The summed E-state index contributed by atoms with van der Waals surface area (Å²) >= 11 is 6.23. The van der Waals surface area contributed by atoms with Gasteiger partial charge in [0.15, 0.2) is 5.58 Å². The highest BCUT2D eigenvalue weighted by Gasteiger charge is 2.43. The Morgan fingerprint density at radius 3 is 2.76 bits per heavy atom. The smallest absolute Gasteiger partial charge is 0.152 e. The summed E-state index contributed by atoms with van der Waals surface area (Å²) in [5.41, 5.74) is 0.595. The second-order valence-corrected chi connectivity index (χ2v) is 6.18. The number of rotatable bonds is 5. The third-order valence-corrected chi connectivity index (χ3v) is 4.89. The molecule has 1 aliphatic carbocycles. The van der Waals surface area contributed by atoms with E-state index in [-0.39, 0.29) is 11.6 Å². The molecule has 1 atom stereocenters. The van der Waals surface area contributed by atoms with Gasteiger partial charge in [-0.1, -0.05) is 43.5 Å². The van der Waals surface area contributed by atoms with Crippen LogP contribution < -0.4 is 5.32 Å². The van der Waals surface area contributed by atoms with Crippen LogP contribution in [0.3, 0.4) is 0 Å².